The average Bonchev–Trinajstić information content (AvgIpc) is 3.32. The molecule has 1 unspecified atom stereocenters. The Morgan fingerprint density at radius 2 is 1.92 bits per heavy atom. The average molecular weight is 522 g/mol. The lowest BCUT2D eigenvalue weighted by molar-refractivity contribution is -0.136. The molecule has 2 heterocycles. The Morgan fingerprint density at radius 3 is 2.68 bits per heavy atom. The molecule has 0 radical (unpaired) electrons. The van der Waals surface area contributed by atoms with Crippen LogP contribution in [0.15, 0.2) is 46.9 Å². The van der Waals surface area contributed by atoms with Crippen molar-refractivity contribution in [1.29, 1.82) is 0 Å². The summed E-state index contributed by atoms with van der Waals surface area (Å²) in [7, 11) is 0. The lowest BCUT2D eigenvalue weighted by Gasteiger charge is -2.21. The van der Waals surface area contributed by atoms with E-state index in [2.05, 4.69) is 13.8 Å². The number of benzene rings is 2. The Labute approximate surface area is 225 Å². The summed E-state index contributed by atoms with van der Waals surface area (Å²) < 4.78 is 24.5. The van der Waals surface area contributed by atoms with Crippen LogP contribution in [0.4, 0.5) is 0 Å². The monoisotopic (exact) mass is 521 g/mol. The molecule has 204 valence electrons. The highest BCUT2D eigenvalue weighted by Gasteiger charge is 2.24. The van der Waals surface area contributed by atoms with E-state index in [0.29, 0.717) is 23.8 Å². The number of rotatable bonds is 10. The molecule has 7 nitrogen and oxygen atoms in total. The third kappa shape index (κ3) is 7.38. The third-order valence-electron chi connectivity index (χ3n) is 6.86. The van der Waals surface area contributed by atoms with Gasteiger partial charge in [0.05, 0.1) is 12.3 Å². The minimum atomic E-state index is -0.799. The molecule has 1 aliphatic heterocycles. The van der Waals surface area contributed by atoms with Gasteiger partial charge in [0.1, 0.15) is 17.6 Å². The van der Waals surface area contributed by atoms with Gasteiger partial charge in [0, 0.05) is 25.0 Å². The van der Waals surface area contributed by atoms with Crippen LogP contribution in [0.25, 0.3) is 11.5 Å². The van der Waals surface area contributed by atoms with Gasteiger partial charge < -0.3 is 23.7 Å². The fourth-order valence-electron chi connectivity index (χ4n) is 4.74. The van der Waals surface area contributed by atoms with Crippen molar-refractivity contribution < 1.29 is 28.5 Å². The molecule has 38 heavy (non-hydrogen) atoms. The van der Waals surface area contributed by atoms with Crippen LogP contribution in [0.1, 0.15) is 87.5 Å². The van der Waals surface area contributed by atoms with Crippen LogP contribution in [0.5, 0.6) is 11.5 Å². The molecule has 3 aromatic rings. The molecule has 4 rings (SSSR count). The van der Waals surface area contributed by atoms with Gasteiger partial charge in [0.25, 0.3) is 0 Å². The van der Waals surface area contributed by atoms with Gasteiger partial charge in [-0.05, 0) is 86.9 Å². The van der Waals surface area contributed by atoms with Crippen molar-refractivity contribution in [2.24, 2.45) is 0 Å². The highest BCUT2D eigenvalue weighted by atomic mass is 16.5. The summed E-state index contributed by atoms with van der Waals surface area (Å²) in [5, 5.41) is 8.98. The predicted molar refractivity (Wildman–Crippen MR) is 146 cm³/mol. The van der Waals surface area contributed by atoms with Crippen LogP contribution in [0.3, 0.4) is 0 Å². The number of hydrogen-bond donors (Lipinski definition) is 1. The van der Waals surface area contributed by atoms with E-state index in [0.717, 1.165) is 67.0 Å². The lowest BCUT2D eigenvalue weighted by atomic mass is 10.0. The first-order valence-electron chi connectivity index (χ1n) is 13.6. The van der Waals surface area contributed by atoms with E-state index < -0.39 is 5.97 Å². The molecule has 1 aromatic heterocycles. The van der Waals surface area contributed by atoms with Crippen LogP contribution in [0, 0.1) is 6.92 Å². The smallest absolute Gasteiger partial charge is 0.303 e. The van der Waals surface area contributed by atoms with Gasteiger partial charge in [-0.2, -0.15) is 0 Å². The Balaban J connectivity index is 1.50. The molecule has 2 aromatic carbocycles. The van der Waals surface area contributed by atoms with Crippen LogP contribution in [-0.2, 0) is 16.0 Å². The van der Waals surface area contributed by atoms with Gasteiger partial charge in [-0.25, -0.2) is 4.98 Å². The van der Waals surface area contributed by atoms with Gasteiger partial charge in [-0.1, -0.05) is 26.0 Å². The fraction of sp³-hybridized carbons (Fsp3) is 0.484. The highest BCUT2D eigenvalue weighted by molar-refractivity contribution is 5.67. The summed E-state index contributed by atoms with van der Waals surface area (Å²) in [5.41, 5.74) is 3.74. The normalized spacial score (nSPS) is 17.0. The van der Waals surface area contributed by atoms with E-state index in [1.165, 1.54) is 0 Å². The summed E-state index contributed by atoms with van der Waals surface area (Å²) >= 11 is 0. The van der Waals surface area contributed by atoms with Crippen LogP contribution in [0.2, 0.25) is 0 Å². The Morgan fingerprint density at radius 1 is 1.08 bits per heavy atom. The maximum Gasteiger partial charge on any atom is 0.303 e. The molecule has 0 spiro atoms. The van der Waals surface area contributed by atoms with Gasteiger partial charge in [-0.3, -0.25) is 4.79 Å². The summed E-state index contributed by atoms with van der Waals surface area (Å²) in [6, 6.07) is 13.7. The first-order valence-corrected chi connectivity index (χ1v) is 13.6. The second kappa shape index (κ2) is 13.0. The van der Waals surface area contributed by atoms with Crippen molar-refractivity contribution >= 4 is 5.97 Å². The molecule has 1 saturated heterocycles. The molecule has 1 aliphatic rings. The van der Waals surface area contributed by atoms with Gasteiger partial charge in [-0.15, -0.1) is 0 Å². The minimum Gasteiger partial charge on any atom is -0.490 e. The Hall–Kier alpha value is -3.32. The van der Waals surface area contributed by atoms with Crippen LogP contribution in [-0.4, -0.2) is 35.4 Å². The van der Waals surface area contributed by atoms with Crippen LogP contribution >= 0.6 is 0 Å². The number of aryl methyl sites for hydroxylation is 2. The summed E-state index contributed by atoms with van der Waals surface area (Å²) in [4.78, 5) is 15.8. The molecular formula is C31H39NO6. The van der Waals surface area contributed by atoms with E-state index in [4.69, 9.17) is 28.7 Å². The molecule has 7 heteroatoms. The van der Waals surface area contributed by atoms with E-state index in [1.807, 2.05) is 56.3 Å². The van der Waals surface area contributed by atoms with Crippen molar-refractivity contribution in [3.05, 3.63) is 65.0 Å². The molecule has 0 saturated carbocycles. The second-order valence-electron chi connectivity index (χ2n) is 10.3. The van der Waals surface area contributed by atoms with Crippen molar-refractivity contribution in [3.63, 3.8) is 0 Å². The maximum absolute atomic E-state index is 10.9. The van der Waals surface area contributed by atoms with Gasteiger partial charge in [0.15, 0.2) is 11.9 Å². The second-order valence-corrected chi connectivity index (χ2v) is 10.3. The Kier molecular flexibility index (Phi) is 9.45. The van der Waals surface area contributed by atoms with Crippen LogP contribution < -0.4 is 9.47 Å². The van der Waals surface area contributed by atoms with E-state index in [9.17, 15) is 4.79 Å². The molecule has 1 fully saturated rings. The molecular weight excluding hydrogens is 482 g/mol. The number of hydrogen-bond acceptors (Lipinski definition) is 6. The van der Waals surface area contributed by atoms with E-state index >= 15 is 0 Å². The fourth-order valence-corrected chi connectivity index (χ4v) is 4.74. The summed E-state index contributed by atoms with van der Waals surface area (Å²) in [6.07, 6.45) is 4.49. The number of ether oxygens (including phenoxy) is 3. The highest BCUT2D eigenvalue weighted by Crippen LogP contribution is 2.34. The van der Waals surface area contributed by atoms with Crippen molar-refractivity contribution in [2.45, 2.75) is 84.3 Å². The zero-order chi connectivity index (χ0) is 27.1. The number of carboxylic acid groups (broad SMARTS) is 1. The lowest BCUT2D eigenvalue weighted by Crippen LogP contribution is -2.21. The maximum atomic E-state index is 10.9. The van der Waals surface area contributed by atoms with Crippen molar-refractivity contribution in [3.8, 4) is 23.0 Å². The number of nitrogens with zero attached hydrogens (tertiary/aromatic N) is 1. The first kappa shape index (κ1) is 27.7. The van der Waals surface area contributed by atoms with Crippen molar-refractivity contribution in [2.75, 3.05) is 13.2 Å². The van der Waals surface area contributed by atoms with Crippen molar-refractivity contribution in [1.82, 2.24) is 4.98 Å². The quantitative estimate of drug-likeness (QED) is 0.300. The van der Waals surface area contributed by atoms with Gasteiger partial charge in [0.2, 0.25) is 5.89 Å². The molecule has 0 aliphatic carbocycles. The van der Waals surface area contributed by atoms with E-state index in [-0.39, 0.29) is 24.5 Å². The number of oxazole rings is 1. The first-order chi connectivity index (χ1) is 18.3. The minimum absolute atomic E-state index is 0.108. The topological polar surface area (TPSA) is 91.0 Å². The zero-order valence-electron chi connectivity index (χ0n) is 22.9. The van der Waals surface area contributed by atoms with E-state index in [1.54, 1.807) is 0 Å². The summed E-state index contributed by atoms with van der Waals surface area (Å²) in [5.74, 6) is 2.12. The number of carboxylic acids is 1. The summed E-state index contributed by atoms with van der Waals surface area (Å²) in [6.45, 7) is 9.69. The third-order valence-corrected chi connectivity index (χ3v) is 6.86. The van der Waals surface area contributed by atoms with Gasteiger partial charge >= 0.3 is 5.97 Å². The Bertz CT molecular complexity index is 1210. The number of carbonyl (C=O) groups is 1. The standard InChI is InChI=1S/C31H39NO6/c1-20(2)29-30(22(4)36-27-13-11-23(21(3)18-27)12-14-28(33)34)38-31(32-29)24-8-7-10-26(19-24)37-25-9-5-6-16-35-17-15-25/h7-8,10-11,13,18-20,22,25H,5-6,9,12,14-17H2,1-4H3,(H,33,34)/t22?,25-/m0/s1. The largest absolute Gasteiger partial charge is 0.490 e. The molecule has 1 N–H and O–H groups in total. The number of aliphatic carboxylic acids is 1. The number of aromatic nitrogens is 1. The molecule has 0 amide bonds. The molecule has 2 atom stereocenters. The molecule has 0 bridgehead atoms. The zero-order valence-corrected chi connectivity index (χ0v) is 22.9. The predicted octanol–water partition coefficient (Wildman–Crippen LogP) is 7.27. The SMILES string of the molecule is Cc1cc(OC(C)c2oc(-c3cccc(O[C@H]4CCCCOCC4)c3)nc2C(C)C)ccc1CCC(=O)O.